The number of rotatable bonds is 10. The molecule has 0 atom stereocenters. The number of thioether (sulfide) groups is 1. The van der Waals surface area contributed by atoms with E-state index in [0.717, 1.165) is 12.1 Å². The lowest BCUT2D eigenvalue weighted by Crippen LogP contribution is -2.23. The molecule has 0 saturated heterocycles. The molecular weight excluding hydrogens is 444 g/mol. The number of hydrogen-bond donors (Lipinski definition) is 1. The van der Waals surface area contributed by atoms with Crippen LogP contribution in [-0.4, -0.2) is 38.8 Å². The highest BCUT2D eigenvalue weighted by atomic mass is 35.5. The highest BCUT2D eigenvalue weighted by Crippen LogP contribution is 2.25. The van der Waals surface area contributed by atoms with Crippen LogP contribution < -0.4 is 5.32 Å². The minimum absolute atomic E-state index is 0.0338. The van der Waals surface area contributed by atoms with Crippen molar-refractivity contribution in [2.24, 2.45) is 5.92 Å². The molecule has 0 radical (unpaired) electrons. The summed E-state index contributed by atoms with van der Waals surface area (Å²) in [5.41, 5.74) is 2.73. The lowest BCUT2D eigenvalue weighted by molar-refractivity contribution is -0.118. The predicted octanol–water partition coefficient (Wildman–Crippen LogP) is 4.77. The van der Waals surface area contributed by atoms with Crippen molar-refractivity contribution in [1.82, 2.24) is 20.1 Å². The second kappa shape index (κ2) is 11.3. The van der Waals surface area contributed by atoms with Gasteiger partial charge >= 0.3 is 0 Å². The number of nitrogens with zero attached hydrogens (tertiary/aromatic N) is 3. The topological polar surface area (TPSA) is 76.9 Å². The van der Waals surface area contributed by atoms with Gasteiger partial charge in [0.15, 0.2) is 10.9 Å². The summed E-state index contributed by atoms with van der Waals surface area (Å²) in [6, 6.07) is 15.2. The zero-order chi connectivity index (χ0) is 23.1. The normalized spacial score (nSPS) is 11.0. The van der Waals surface area contributed by atoms with Crippen molar-refractivity contribution in [2.45, 2.75) is 38.8 Å². The minimum Gasteiger partial charge on any atom is -0.356 e. The van der Waals surface area contributed by atoms with E-state index in [0.29, 0.717) is 40.5 Å². The smallest absolute Gasteiger partial charge is 0.216 e. The molecule has 0 aliphatic heterocycles. The average Bonchev–Trinajstić information content (AvgIpc) is 3.14. The number of hydrogen-bond acceptors (Lipinski definition) is 5. The molecule has 3 rings (SSSR count). The summed E-state index contributed by atoms with van der Waals surface area (Å²) in [6.07, 6.45) is 1.50. The maximum absolute atomic E-state index is 12.8. The Labute approximate surface area is 197 Å². The molecule has 3 aromatic rings. The highest BCUT2D eigenvalue weighted by molar-refractivity contribution is 7.99. The zero-order valence-electron chi connectivity index (χ0n) is 18.5. The van der Waals surface area contributed by atoms with Crippen molar-refractivity contribution in [3.8, 4) is 5.69 Å². The molecule has 0 unspecified atom stereocenters. The fraction of sp³-hybridized carbons (Fsp3) is 0.333. The van der Waals surface area contributed by atoms with Crippen molar-refractivity contribution in [3.05, 3.63) is 70.5 Å². The molecule has 1 aromatic heterocycles. The van der Waals surface area contributed by atoms with Gasteiger partial charge in [-0.3, -0.25) is 14.2 Å². The maximum atomic E-state index is 12.8. The second-order valence-corrected chi connectivity index (χ2v) is 9.33. The fourth-order valence-corrected chi connectivity index (χ4v) is 4.34. The van der Waals surface area contributed by atoms with Crippen LogP contribution in [0.1, 0.15) is 42.5 Å². The molecule has 168 valence electrons. The van der Waals surface area contributed by atoms with E-state index < -0.39 is 0 Å². The van der Waals surface area contributed by atoms with Crippen LogP contribution in [0.2, 0.25) is 5.02 Å². The Balaban J connectivity index is 1.76. The maximum Gasteiger partial charge on any atom is 0.216 e. The van der Waals surface area contributed by atoms with Gasteiger partial charge < -0.3 is 5.32 Å². The third-order valence-corrected chi connectivity index (χ3v) is 5.91. The number of ketones is 1. The molecule has 0 bridgehead atoms. The largest absolute Gasteiger partial charge is 0.356 e. The number of nitrogens with one attached hydrogen (secondary N) is 1. The van der Waals surface area contributed by atoms with Gasteiger partial charge in [0.25, 0.3) is 0 Å². The van der Waals surface area contributed by atoms with Gasteiger partial charge in [0.05, 0.1) is 11.4 Å². The number of aromatic nitrogens is 3. The van der Waals surface area contributed by atoms with Gasteiger partial charge in [-0.2, -0.15) is 0 Å². The summed E-state index contributed by atoms with van der Waals surface area (Å²) in [5.74, 6) is 1.44. The lowest BCUT2D eigenvalue weighted by atomic mass is 10.0. The number of Topliss-reactive ketones (excluding diaryl/α,β-unsaturated/α-hetero) is 1. The summed E-state index contributed by atoms with van der Waals surface area (Å²) in [7, 11) is 0. The summed E-state index contributed by atoms with van der Waals surface area (Å²) in [4.78, 5) is 24.0. The first-order valence-corrected chi connectivity index (χ1v) is 11.9. The number of benzene rings is 2. The quantitative estimate of drug-likeness (QED) is 0.341. The van der Waals surface area contributed by atoms with Gasteiger partial charge in [0, 0.05) is 30.5 Å². The molecular formula is C24H27ClN4O2S. The molecule has 32 heavy (non-hydrogen) atoms. The molecule has 0 fully saturated rings. The average molecular weight is 471 g/mol. The molecule has 1 amide bonds. The van der Waals surface area contributed by atoms with Gasteiger partial charge in [0.1, 0.15) is 5.82 Å². The molecule has 0 aliphatic rings. The fourth-order valence-electron chi connectivity index (χ4n) is 3.29. The van der Waals surface area contributed by atoms with Gasteiger partial charge in [-0.15, -0.1) is 10.2 Å². The van der Waals surface area contributed by atoms with Crippen LogP contribution in [0.5, 0.6) is 0 Å². The monoisotopic (exact) mass is 470 g/mol. The molecule has 8 heteroatoms. The number of carbonyl (C=O) groups excluding carboxylic acids is 2. The van der Waals surface area contributed by atoms with Gasteiger partial charge in [-0.1, -0.05) is 67.5 Å². The predicted molar refractivity (Wildman–Crippen MR) is 129 cm³/mol. The van der Waals surface area contributed by atoms with E-state index in [2.05, 4.69) is 29.4 Å². The summed E-state index contributed by atoms with van der Waals surface area (Å²) in [6.45, 7) is 6.27. The molecule has 0 saturated carbocycles. The Morgan fingerprint density at radius 2 is 1.88 bits per heavy atom. The minimum atomic E-state index is -0.0987. The number of carbonyl (C=O) groups is 2. The Bertz CT molecular complexity index is 1080. The van der Waals surface area contributed by atoms with Gasteiger partial charge in [-0.25, -0.2) is 0 Å². The third kappa shape index (κ3) is 6.68. The first-order valence-electron chi connectivity index (χ1n) is 10.5. The molecule has 0 spiro atoms. The van der Waals surface area contributed by atoms with Crippen LogP contribution in [0, 0.1) is 5.92 Å². The van der Waals surface area contributed by atoms with Crippen LogP contribution in [0.25, 0.3) is 5.69 Å². The van der Waals surface area contributed by atoms with Gasteiger partial charge in [-0.05, 0) is 36.1 Å². The van der Waals surface area contributed by atoms with Gasteiger partial charge in [0.2, 0.25) is 5.91 Å². The van der Waals surface area contributed by atoms with Crippen molar-refractivity contribution in [1.29, 1.82) is 0 Å². The van der Waals surface area contributed by atoms with Crippen LogP contribution in [0.4, 0.5) is 0 Å². The van der Waals surface area contributed by atoms with Crippen LogP contribution in [0.15, 0.2) is 53.7 Å². The Morgan fingerprint density at radius 1 is 1.12 bits per heavy atom. The Morgan fingerprint density at radius 3 is 2.53 bits per heavy atom. The zero-order valence-corrected chi connectivity index (χ0v) is 20.0. The van der Waals surface area contributed by atoms with Crippen molar-refractivity contribution in [2.75, 3.05) is 12.3 Å². The van der Waals surface area contributed by atoms with Crippen molar-refractivity contribution in [3.63, 3.8) is 0 Å². The molecule has 6 nitrogen and oxygen atoms in total. The lowest BCUT2D eigenvalue weighted by Gasteiger charge is -2.11. The van der Waals surface area contributed by atoms with Crippen molar-refractivity contribution >= 4 is 35.1 Å². The van der Waals surface area contributed by atoms with E-state index in [1.165, 1.54) is 24.2 Å². The standard InChI is InChI=1S/C24H27ClN4O2S/c1-16(2)13-18-7-9-19(10-8-18)22(31)15-32-24-28-27-23(11-12-26-17(3)30)29(24)21-6-4-5-20(25)14-21/h4-10,14,16H,11-13,15H2,1-3H3,(H,26,30). The van der Waals surface area contributed by atoms with Crippen LogP contribution >= 0.6 is 23.4 Å². The second-order valence-electron chi connectivity index (χ2n) is 7.95. The third-order valence-electron chi connectivity index (χ3n) is 4.74. The van der Waals surface area contributed by atoms with Crippen LogP contribution in [0.3, 0.4) is 0 Å². The Hall–Kier alpha value is -2.64. The molecule has 1 N–H and O–H groups in total. The highest BCUT2D eigenvalue weighted by Gasteiger charge is 2.17. The molecule has 0 aliphatic carbocycles. The SMILES string of the molecule is CC(=O)NCCc1nnc(SCC(=O)c2ccc(CC(C)C)cc2)n1-c1cccc(Cl)c1. The van der Waals surface area contributed by atoms with Crippen LogP contribution in [-0.2, 0) is 17.6 Å². The Kier molecular flexibility index (Phi) is 8.47. The number of halogens is 1. The van der Waals surface area contributed by atoms with E-state index in [-0.39, 0.29) is 17.4 Å². The summed E-state index contributed by atoms with van der Waals surface area (Å²) >= 11 is 7.53. The first-order chi connectivity index (χ1) is 15.3. The first kappa shape index (κ1) is 24.0. The molecule has 1 heterocycles. The number of amides is 1. The van der Waals surface area contributed by atoms with E-state index in [9.17, 15) is 9.59 Å². The van der Waals surface area contributed by atoms with E-state index in [4.69, 9.17) is 11.6 Å². The molecule has 2 aromatic carbocycles. The summed E-state index contributed by atoms with van der Waals surface area (Å²) < 4.78 is 1.89. The van der Waals surface area contributed by atoms with E-state index >= 15 is 0 Å². The van der Waals surface area contributed by atoms with E-state index in [1.54, 1.807) is 6.07 Å². The summed E-state index contributed by atoms with van der Waals surface area (Å²) in [5, 5.41) is 12.6. The van der Waals surface area contributed by atoms with Crippen molar-refractivity contribution < 1.29 is 9.59 Å². The van der Waals surface area contributed by atoms with E-state index in [1.807, 2.05) is 47.0 Å².